The Morgan fingerprint density at radius 1 is 1.33 bits per heavy atom. The van der Waals surface area contributed by atoms with Gasteiger partial charge in [0.05, 0.1) is 10.3 Å². The van der Waals surface area contributed by atoms with Crippen LogP contribution < -0.4 is 16.6 Å². The zero-order chi connectivity index (χ0) is 17.4. The van der Waals surface area contributed by atoms with E-state index in [-0.39, 0.29) is 34.2 Å². The van der Waals surface area contributed by atoms with E-state index >= 15 is 0 Å². The third kappa shape index (κ3) is 2.61. The summed E-state index contributed by atoms with van der Waals surface area (Å²) in [6.07, 6.45) is 1.32. The molecule has 128 valence electrons. The van der Waals surface area contributed by atoms with Crippen LogP contribution in [-0.2, 0) is 6.54 Å². The van der Waals surface area contributed by atoms with Gasteiger partial charge in [0.1, 0.15) is 5.52 Å². The highest BCUT2D eigenvalue weighted by atomic mass is 35.5. The predicted molar refractivity (Wildman–Crippen MR) is 90.9 cm³/mol. The Kier molecular flexibility index (Phi) is 4.42. The van der Waals surface area contributed by atoms with E-state index in [2.05, 4.69) is 5.32 Å². The normalized spacial score (nSPS) is 15.8. The van der Waals surface area contributed by atoms with Crippen LogP contribution in [0.5, 0.6) is 0 Å². The second-order valence-electron chi connectivity index (χ2n) is 5.76. The summed E-state index contributed by atoms with van der Waals surface area (Å²) < 4.78 is 2.51. The lowest BCUT2D eigenvalue weighted by Gasteiger charge is -2.25. The van der Waals surface area contributed by atoms with Crippen LogP contribution in [0, 0.1) is 10.1 Å². The highest BCUT2D eigenvalue weighted by molar-refractivity contribution is 6.31. The zero-order valence-corrected chi connectivity index (χ0v) is 13.9. The molecule has 1 aromatic carbocycles. The van der Waals surface area contributed by atoms with Gasteiger partial charge in [-0.15, -0.1) is 0 Å². The third-order valence-electron chi connectivity index (χ3n) is 4.40. The minimum absolute atomic E-state index is 0.0343. The summed E-state index contributed by atoms with van der Waals surface area (Å²) in [5.74, 6) is 0. The average molecular weight is 353 g/mol. The maximum absolute atomic E-state index is 12.9. The molecular weight excluding hydrogens is 336 g/mol. The Balaban J connectivity index is 2.43. The van der Waals surface area contributed by atoms with Crippen molar-refractivity contribution in [1.82, 2.24) is 14.5 Å². The van der Waals surface area contributed by atoms with Gasteiger partial charge < -0.3 is 5.32 Å². The summed E-state index contributed by atoms with van der Waals surface area (Å²) in [5.41, 5.74) is -1.32. The standard InChI is InChI=1S/C15H17ClN4O4/c1-2-18-13-11(7-9(16)8-12(13)20(23)24)14(21)19(15(18)22)10-3-5-17-6-4-10/h7-8,10,17H,2-6H2,1H3. The topological polar surface area (TPSA) is 99.2 Å². The molecule has 0 atom stereocenters. The number of hydrogen-bond acceptors (Lipinski definition) is 5. The van der Waals surface area contributed by atoms with Crippen LogP contribution in [0.4, 0.5) is 5.69 Å². The second-order valence-corrected chi connectivity index (χ2v) is 6.20. The first-order valence-electron chi connectivity index (χ1n) is 7.79. The molecule has 0 amide bonds. The lowest BCUT2D eigenvalue weighted by Crippen LogP contribution is -2.45. The van der Waals surface area contributed by atoms with E-state index in [1.807, 2.05) is 0 Å². The lowest BCUT2D eigenvalue weighted by molar-refractivity contribution is -0.383. The quantitative estimate of drug-likeness (QED) is 0.669. The van der Waals surface area contributed by atoms with Crippen molar-refractivity contribution in [1.29, 1.82) is 0 Å². The molecule has 2 aromatic rings. The highest BCUT2D eigenvalue weighted by Crippen LogP contribution is 2.28. The summed E-state index contributed by atoms with van der Waals surface area (Å²) in [6.45, 7) is 3.38. The van der Waals surface area contributed by atoms with Gasteiger partial charge in [-0.25, -0.2) is 4.79 Å². The van der Waals surface area contributed by atoms with E-state index in [9.17, 15) is 19.7 Å². The molecular formula is C15H17ClN4O4. The molecule has 0 unspecified atom stereocenters. The van der Waals surface area contributed by atoms with E-state index in [4.69, 9.17) is 11.6 Å². The van der Waals surface area contributed by atoms with Crippen molar-refractivity contribution in [2.75, 3.05) is 13.1 Å². The minimum Gasteiger partial charge on any atom is -0.317 e. The van der Waals surface area contributed by atoms with E-state index < -0.39 is 16.2 Å². The molecule has 0 radical (unpaired) electrons. The number of nitro benzene ring substituents is 1. The molecule has 3 rings (SSSR count). The number of aryl methyl sites for hydroxylation is 1. The fourth-order valence-corrected chi connectivity index (χ4v) is 3.51. The van der Waals surface area contributed by atoms with Crippen molar-refractivity contribution in [2.45, 2.75) is 32.4 Å². The molecule has 1 aliphatic heterocycles. The Hall–Kier alpha value is -2.19. The largest absolute Gasteiger partial charge is 0.331 e. The summed E-state index contributed by atoms with van der Waals surface area (Å²) in [4.78, 5) is 36.5. The molecule has 9 heteroatoms. The Morgan fingerprint density at radius 2 is 2.00 bits per heavy atom. The van der Waals surface area contributed by atoms with E-state index in [1.165, 1.54) is 21.3 Å². The molecule has 1 N–H and O–H groups in total. The Morgan fingerprint density at radius 3 is 2.58 bits per heavy atom. The van der Waals surface area contributed by atoms with Crippen molar-refractivity contribution in [3.63, 3.8) is 0 Å². The number of aromatic nitrogens is 2. The average Bonchev–Trinajstić information content (AvgIpc) is 2.56. The molecule has 1 saturated heterocycles. The first kappa shape index (κ1) is 16.7. The Labute approximate surface area is 141 Å². The minimum atomic E-state index is -0.617. The number of hydrogen-bond donors (Lipinski definition) is 1. The van der Waals surface area contributed by atoms with Crippen LogP contribution in [0.15, 0.2) is 21.7 Å². The lowest BCUT2D eigenvalue weighted by atomic mass is 10.1. The van der Waals surface area contributed by atoms with Crippen LogP contribution >= 0.6 is 11.6 Å². The molecule has 0 saturated carbocycles. The van der Waals surface area contributed by atoms with Gasteiger partial charge in [0, 0.05) is 23.7 Å². The predicted octanol–water partition coefficient (Wildman–Crippen LogP) is 1.67. The van der Waals surface area contributed by atoms with Gasteiger partial charge >= 0.3 is 5.69 Å². The van der Waals surface area contributed by atoms with Crippen LogP contribution in [0.1, 0.15) is 25.8 Å². The molecule has 0 aliphatic carbocycles. The van der Waals surface area contributed by atoms with Gasteiger partial charge in [0.2, 0.25) is 0 Å². The Bertz CT molecular complexity index is 928. The van der Waals surface area contributed by atoms with E-state index in [0.29, 0.717) is 12.8 Å². The summed E-state index contributed by atoms with van der Waals surface area (Å²) >= 11 is 5.96. The first-order chi connectivity index (χ1) is 11.5. The monoisotopic (exact) mass is 352 g/mol. The van der Waals surface area contributed by atoms with Gasteiger partial charge in [-0.2, -0.15) is 0 Å². The number of non-ortho nitro benzene ring substituents is 1. The number of nitrogens with one attached hydrogen (secondary N) is 1. The van der Waals surface area contributed by atoms with Gasteiger partial charge in [0.25, 0.3) is 11.2 Å². The molecule has 24 heavy (non-hydrogen) atoms. The SMILES string of the molecule is CCn1c(=O)n(C2CCNCC2)c(=O)c2cc(Cl)cc([N+](=O)[O-])c21. The molecule has 1 fully saturated rings. The third-order valence-corrected chi connectivity index (χ3v) is 4.62. The maximum Gasteiger partial charge on any atom is 0.331 e. The molecule has 8 nitrogen and oxygen atoms in total. The van der Waals surface area contributed by atoms with Crippen LogP contribution in [0.2, 0.25) is 5.02 Å². The number of fused-ring (bicyclic) bond motifs is 1. The van der Waals surface area contributed by atoms with Crippen LogP contribution in [-0.4, -0.2) is 27.1 Å². The van der Waals surface area contributed by atoms with Gasteiger partial charge in [0.15, 0.2) is 0 Å². The van der Waals surface area contributed by atoms with Gasteiger partial charge in [-0.05, 0) is 38.9 Å². The highest BCUT2D eigenvalue weighted by Gasteiger charge is 2.26. The van der Waals surface area contributed by atoms with Crippen LogP contribution in [0.3, 0.4) is 0 Å². The fourth-order valence-electron chi connectivity index (χ4n) is 3.29. The first-order valence-corrected chi connectivity index (χ1v) is 8.17. The molecule has 1 aromatic heterocycles. The molecule has 1 aliphatic rings. The number of nitrogens with zero attached hydrogens (tertiary/aromatic N) is 3. The van der Waals surface area contributed by atoms with Crippen molar-refractivity contribution < 1.29 is 4.92 Å². The summed E-state index contributed by atoms with van der Waals surface area (Å²) in [7, 11) is 0. The van der Waals surface area contributed by atoms with Crippen molar-refractivity contribution in [3.8, 4) is 0 Å². The number of nitro groups is 1. The van der Waals surface area contributed by atoms with Crippen LogP contribution in [0.25, 0.3) is 10.9 Å². The summed E-state index contributed by atoms with van der Waals surface area (Å²) in [6, 6.07) is 2.35. The van der Waals surface area contributed by atoms with E-state index in [1.54, 1.807) is 6.92 Å². The smallest absolute Gasteiger partial charge is 0.317 e. The van der Waals surface area contributed by atoms with Crippen molar-refractivity contribution in [3.05, 3.63) is 48.1 Å². The zero-order valence-electron chi connectivity index (χ0n) is 13.1. The van der Waals surface area contributed by atoms with Crippen molar-refractivity contribution in [2.24, 2.45) is 0 Å². The molecule has 0 bridgehead atoms. The van der Waals surface area contributed by atoms with E-state index in [0.717, 1.165) is 13.1 Å². The number of halogens is 1. The number of piperidine rings is 1. The molecule has 2 heterocycles. The number of rotatable bonds is 3. The molecule has 0 spiro atoms. The van der Waals surface area contributed by atoms with Gasteiger partial charge in [-0.1, -0.05) is 11.6 Å². The van der Waals surface area contributed by atoms with Gasteiger partial charge in [-0.3, -0.25) is 24.0 Å². The fraction of sp³-hybridized carbons (Fsp3) is 0.467. The van der Waals surface area contributed by atoms with Crippen molar-refractivity contribution >= 4 is 28.2 Å². The number of benzene rings is 1. The summed E-state index contributed by atoms with van der Waals surface area (Å²) in [5, 5.41) is 14.8. The maximum atomic E-state index is 12.9. The second kappa shape index (κ2) is 6.37.